The molecule has 0 amide bonds. The largest absolute Gasteiger partial charge is 0.289 e. The highest BCUT2D eigenvalue weighted by Crippen LogP contribution is 2.12. The SMILES string of the molecule is C=C(C)C(=O)c1ccc(C)c(C)c1. The smallest absolute Gasteiger partial charge is 0.188 e. The van der Waals surface area contributed by atoms with Gasteiger partial charge in [0.1, 0.15) is 0 Å². The van der Waals surface area contributed by atoms with Gasteiger partial charge in [0.2, 0.25) is 0 Å². The van der Waals surface area contributed by atoms with Crippen molar-refractivity contribution < 1.29 is 4.79 Å². The van der Waals surface area contributed by atoms with E-state index in [-0.39, 0.29) is 5.78 Å². The van der Waals surface area contributed by atoms with Crippen molar-refractivity contribution in [1.82, 2.24) is 0 Å². The van der Waals surface area contributed by atoms with Crippen molar-refractivity contribution in [2.75, 3.05) is 0 Å². The lowest BCUT2D eigenvalue weighted by Gasteiger charge is -2.03. The van der Waals surface area contributed by atoms with Gasteiger partial charge in [-0.3, -0.25) is 4.79 Å². The zero-order chi connectivity index (χ0) is 10.0. The molecule has 0 bridgehead atoms. The number of carbonyl (C=O) groups is 1. The third-order valence-electron chi connectivity index (χ3n) is 2.16. The van der Waals surface area contributed by atoms with Crippen LogP contribution in [0.1, 0.15) is 28.4 Å². The van der Waals surface area contributed by atoms with E-state index in [1.807, 2.05) is 32.0 Å². The molecule has 0 spiro atoms. The van der Waals surface area contributed by atoms with Crippen molar-refractivity contribution in [1.29, 1.82) is 0 Å². The maximum atomic E-state index is 11.5. The lowest BCUT2D eigenvalue weighted by atomic mass is 10.0. The standard InChI is InChI=1S/C12H14O/c1-8(2)12(13)11-6-5-9(3)10(4)7-11/h5-7H,1H2,2-4H3. The Morgan fingerprint density at radius 3 is 2.31 bits per heavy atom. The first kappa shape index (κ1) is 9.72. The molecule has 68 valence electrons. The van der Waals surface area contributed by atoms with Crippen molar-refractivity contribution in [3.63, 3.8) is 0 Å². The third-order valence-corrected chi connectivity index (χ3v) is 2.16. The predicted molar refractivity (Wildman–Crippen MR) is 55.1 cm³/mol. The summed E-state index contributed by atoms with van der Waals surface area (Å²) in [6.07, 6.45) is 0. The van der Waals surface area contributed by atoms with Crippen molar-refractivity contribution >= 4 is 5.78 Å². The molecule has 1 heteroatoms. The number of aryl methyl sites for hydroxylation is 2. The predicted octanol–water partition coefficient (Wildman–Crippen LogP) is 3.06. The number of hydrogen-bond donors (Lipinski definition) is 0. The van der Waals surface area contributed by atoms with Crippen LogP contribution in [0, 0.1) is 13.8 Å². The number of carbonyl (C=O) groups excluding carboxylic acids is 1. The second-order valence-electron chi connectivity index (χ2n) is 3.41. The van der Waals surface area contributed by atoms with Gasteiger partial charge >= 0.3 is 0 Å². The van der Waals surface area contributed by atoms with E-state index >= 15 is 0 Å². The Bertz CT molecular complexity index is 361. The monoisotopic (exact) mass is 174 g/mol. The van der Waals surface area contributed by atoms with Crippen LogP contribution in [0.5, 0.6) is 0 Å². The summed E-state index contributed by atoms with van der Waals surface area (Å²) < 4.78 is 0. The number of hydrogen-bond acceptors (Lipinski definition) is 1. The number of benzene rings is 1. The average Bonchev–Trinajstić information content (AvgIpc) is 2.08. The van der Waals surface area contributed by atoms with Crippen LogP contribution in [-0.2, 0) is 0 Å². The molecule has 0 aliphatic carbocycles. The Hall–Kier alpha value is -1.37. The molecule has 0 N–H and O–H groups in total. The Labute approximate surface area is 79.1 Å². The summed E-state index contributed by atoms with van der Waals surface area (Å²) in [5, 5.41) is 0. The first-order valence-corrected chi connectivity index (χ1v) is 4.30. The topological polar surface area (TPSA) is 17.1 Å². The molecule has 0 atom stereocenters. The molecule has 0 heterocycles. The van der Waals surface area contributed by atoms with Crippen molar-refractivity contribution in [3.05, 3.63) is 47.0 Å². The minimum Gasteiger partial charge on any atom is -0.289 e. The third kappa shape index (κ3) is 2.05. The van der Waals surface area contributed by atoms with Gasteiger partial charge in [-0.2, -0.15) is 0 Å². The van der Waals surface area contributed by atoms with Gasteiger partial charge in [0, 0.05) is 5.56 Å². The van der Waals surface area contributed by atoms with Crippen LogP contribution in [0.25, 0.3) is 0 Å². The Morgan fingerprint density at radius 2 is 1.85 bits per heavy atom. The molecule has 0 fully saturated rings. The molecule has 0 aliphatic heterocycles. The molecule has 0 unspecified atom stereocenters. The van der Waals surface area contributed by atoms with Crippen molar-refractivity contribution in [3.8, 4) is 0 Å². The Kier molecular flexibility index (Phi) is 2.66. The maximum Gasteiger partial charge on any atom is 0.188 e. The highest BCUT2D eigenvalue weighted by molar-refractivity contribution is 6.07. The van der Waals surface area contributed by atoms with Crippen molar-refractivity contribution in [2.45, 2.75) is 20.8 Å². The molecular formula is C12H14O. The first-order valence-electron chi connectivity index (χ1n) is 4.30. The zero-order valence-electron chi connectivity index (χ0n) is 8.35. The normalized spacial score (nSPS) is 9.77. The number of ketones is 1. The Morgan fingerprint density at radius 1 is 1.23 bits per heavy atom. The lowest BCUT2D eigenvalue weighted by molar-refractivity contribution is 0.103. The van der Waals surface area contributed by atoms with Gasteiger partial charge in [-0.25, -0.2) is 0 Å². The molecule has 1 rings (SSSR count). The van der Waals surface area contributed by atoms with Gasteiger partial charge in [-0.05, 0) is 43.5 Å². The molecule has 0 aromatic heterocycles. The molecule has 0 saturated heterocycles. The van der Waals surface area contributed by atoms with Crippen LogP contribution in [0.4, 0.5) is 0 Å². The highest BCUT2D eigenvalue weighted by atomic mass is 16.1. The molecule has 1 aromatic rings. The molecule has 0 radical (unpaired) electrons. The number of rotatable bonds is 2. The molecular weight excluding hydrogens is 160 g/mol. The molecule has 0 aliphatic rings. The van der Waals surface area contributed by atoms with Crippen LogP contribution in [0.15, 0.2) is 30.4 Å². The van der Waals surface area contributed by atoms with E-state index < -0.39 is 0 Å². The van der Waals surface area contributed by atoms with E-state index in [9.17, 15) is 4.79 Å². The summed E-state index contributed by atoms with van der Waals surface area (Å²) in [6.45, 7) is 9.40. The summed E-state index contributed by atoms with van der Waals surface area (Å²) in [7, 11) is 0. The summed E-state index contributed by atoms with van der Waals surface area (Å²) in [5.74, 6) is 0.0306. The van der Waals surface area contributed by atoms with E-state index in [1.165, 1.54) is 5.56 Å². The fraction of sp³-hybridized carbons (Fsp3) is 0.250. The van der Waals surface area contributed by atoms with Gasteiger partial charge < -0.3 is 0 Å². The van der Waals surface area contributed by atoms with E-state index in [4.69, 9.17) is 0 Å². The van der Waals surface area contributed by atoms with E-state index in [0.29, 0.717) is 5.57 Å². The fourth-order valence-corrected chi connectivity index (χ4v) is 1.13. The van der Waals surface area contributed by atoms with Gasteiger partial charge in [0.15, 0.2) is 5.78 Å². The van der Waals surface area contributed by atoms with Crippen LogP contribution >= 0.6 is 0 Å². The van der Waals surface area contributed by atoms with Crippen LogP contribution < -0.4 is 0 Å². The molecule has 0 saturated carbocycles. The highest BCUT2D eigenvalue weighted by Gasteiger charge is 2.06. The minimum atomic E-state index is 0.0306. The van der Waals surface area contributed by atoms with Gasteiger partial charge in [0.25, 0.3) is 0 Å². The number of Topliss-reactive ketones (excluding diaryl/α,β-unsaturated/α-hetero) is 1. The maximum absolute atomic E-state index is 11.5. The molecule has 13 heavy (non-hydrogen) atoms. The first-order chi connectivity index (χ1) is 6.02. The fourth-order valence-electron chi connectivity index (χ4n) is 1.13. The van der Waals surface area contributed by atoms with Gasteiger partial charge in [0.05, 0.1) is 0 Å². The van der Waals surface area contributed by atoms with Crippen LogP contribution in [0.3, 0.4) is 0 Å². The van der Waals surface area contributed by atoms with E-state index in [0.717, 1.165) is 11.1 Å². The average molecular weight is 174 g/mol. The second-order valence-corrected chi connectivity index (χ2v) is 3.41. The summed E-state index contributed by atoms with van der Waals surface area (Å²) in [4.78, 5) is 11.5. The van der Waals surface area contributed by atoms with Crippen molar-refractivity contribution in [2.24, 2.45) is 0 Å². The summed E-state index contributed by atoms with van der Waals surface area (Å²) in [5.41, 5.74) is 3.67. The quantitative estimate of drug-likeness (QED) is 0.497. The van der Waals surface area contributed by atoms with Gasteiger partial charge in [-0.15, -0.1) is 0 Å². The van der Waals surface area contributed by atoms with E-state index in [2.05, 4.69) is 6.58 Å². The number of allylic oxidation sites excluding steroid dienone is 1. The minimum absolute atomic E-state index is 0.0306. The van der Waals surface area contributed by atoms with Gasteiger partial charge in [-0.1, -0.05) is 18.7 Å². The second kappa shape index (κ2) is 3.56. The summed E-state index contributed by atoms with van der Waals surface area (Å²) >= 11 is 0. The van der Waals surface area contributed by atoms with Crippen LogP contribution in [-0.4, -0.2) is 5.78 Å². The molecule has 1 nitrogen and oxygen atoms in total. The summed E-state index contributed by atoms with van der Waals surface area (Å²) in [6, 6.07) is 5.72. The zero-order valence-corrected chi connectivity index (χ0v) is 8.35. The lowest BCUT2D eigenvalue weighted by Crippen LogP contribution is -2.00. The van der Waals surface area contributed by atoms with E-state index in [1.54, 1.807) is 6.92 Å². The molecule has 1 aromatic carbocycles. The van der Waals surface area contributed by atoms with Crippen LogP contribution in [0.2, 0.25) is 0 Å². The Balaban J connectivity index is 3.11.